The SMILES string of the molecule is CC(C)C[C@](C(=O)NNS(C)(=O)=O)(c1ccccc1)[C@H](CCCc1ccccc1)C(=O)OC(C)(C)C. The molecule has 0 saturated carbocycles. The van der Waals surface area contributed by atoms with E-state index in [1.165, 1.54) is 0 Å². The van der Waals surface area contributed by atoms with Crippen molar-refractivity contribution < 1.29 is 22.7 Å². The molecular weight excluding hydrogens is 476 g/mol. The number of aryl methyl sites for hydroxylation is 1. The van der Waals surface area contributed by atoms with Gasteiger partial charge in [0.05, 0.1) is 17.6 Å². The topological polar surface area (TPSA) is 102 Å². The predicted octanol–water partition coefficient (Wildman–Crippen LogP) is 4.53. The Kier molecular flexibility index (Phi) is 10.3. The lowest BCUT2D eigenvalue weighted by atomic mass is 9.63. The van der Waals surface area contributed by atoms with Gasteiger partial charge in [0, 0.05) is 0 Å². The van der Waals surface area contributed by atoms with Crippen LogP contribution in [-0.4, -0.2) is 32.2 Å². The van der Waals surface area contributed by atoms with E-state index in [-0.39, 0.29) is 5.92 Å². The molecule has 2 rings (SSSR count). The number of nitrogens with one attached hydrogen (secondary N) is 2. The van der Waals surface area contributed by atoms with Gasteiger partial charge >= 0.3 is 5.97 Å². The molecule has 198 valence electrons. The number of carbonyl (C=O) groups is 2. The minimum absolute atomic E-state index is 0.0215. The van der Waals surface area contributed by atoms with E-state index in [0.717, 1.165) is 18.2 Å². The van der Waals surface area contributed by atoms with Crippen LogP contribution in [-0.2, 0) is 36.2 Å². The summed E-state index contributed by atoms with van der Waals surface area (Å²) >= 11 is 0. The van der Waals surface area contributed by atoms with E-state index in [1.54, 1.807) is 20.8 Å². The van der Waals surface area contributed by atoms with Gasteiger partial charge in [0.25, 0.3) is 0 Å². The van der Waals surface area contributed by atoms with E-state index in [0.29, 0.717) is 24.8 Å². The van der Waals surface area contributed by atoms with Crippen molar-refractivity contribution in [1.82, 2.24) is 10.3 Å². The second-order valence-electron chi connectivity index (χ2n) is 10.7. The molecule has 1 amide bonds. The molecule has 7 nitrogen and oxygen atoms in total. The Bertz CT molecular complexity index is 1100. The number of ether oxygens (including phenoxy) is 1. The summed E-state index contributed by atoms with van der Waals surface area (Å²) in [5.74, 6) is -1.88. The number of rotatable bonds is 12. The van der Waals surface area contributed by atoms with Crippen LogP contribution in [0.15, 0.2) is 60.7 Å². The highest BCUT2D eigenvalue weighted by atomic mass is 32.2. The summed E-state index contributed by atoms with van der Waals surface area (Å²) in [4.78, 5) is 29.8. The number of hydrazine groups is 1. The van der Waals surface area contributed by atoms with Crippen molar-refractivity contribution in [3.8, 4) is 0 Å². The average Bonchev–Trinajstić information content (AvgIpc) is 2.78. The monoisotopic (exact) mass is 516 g/mol. The van der Waals surface area contributed by atoms with Crippen molar-refractivity contribution in [2.24, 2.45) is 11.8 Å². The molecule has 0 fully saturated rings. The van der Waals surface area contributed by atoms with Crippen molar-refractivity contribution in [3.63, 3.8) is 0 Å². The zero-order valence-electron chi connectivity index (χ0n) is 22.2. The standard InChI is InChI=1S/C28H40N2O5S/c1-21(2)20-28(23-17-11-8-12-18-23,26(32)29-30-36(6,33)34)24(25(31)35-27(3,4)5)19-13-16-22-14-9-7-10-15-22/h7-12,14-15,17-18,21,24,30H,13,16,19-20H2,1-6H3,(H,29,32)/t24-,28+/m1/s1. The number of hydrogen-bond donors (Lipinski definition) is 2. The predicted molar refractivity (Wildman–Crippen MR) is 142 cm³/mol. The molecule has 0 aliphatic heterocycles. The van der Waals surface area contributed by atoms with Crippen LogP contribution in [0.2, 0.25) is 0 Å². The summed E-state index contributed by atoms with van der Waals surface area (Å²) in [7, 11) is -3.72. The molecule has 0 spiro atoms. The maximum atomic E-state index is 13.9. The van der Waals surface area contributed by atoms with Gasteiger partial charge in [0.15, 0.2) is 0 Å². The first-order valence-electron chi connectivity index (χ1n) is 12.3. The third-order valence-electron chi connectivity index (χ3n) is 5.86. The molecule has 0 heterocycles. The molecule has 2 aromatic rings. The fourth-order valence-electron chi connectivity index (χ4n) is 4.57. The highest BCUT2D eigenvalue weighted by Crippen LogP contribution is 2.42. The molecule has 2 aromatic carbocycles. The van der Waals surface area contributed by atoms with Crippen LogP contribution in [0.1, 0.15) is 65.0 Å². The van der Waals surface area contributed by atoms with Crippen molar-refractivity contribution in [2.75, 3.05) is 6.26 Å². The molecular formula is C28H40N2O5S. The maximum Gasteiger partial charge on any atom is 0.310 e. The lowest BCUT2D eigenvalue weighted by Crippen LogP contribution is -2.57. The summed E-state index contributed by atoms with van der Waals surface area (Å²) in [6, 6.07) is 19.1. The third kappa shape index (κ3) is 8.75. The van der Waals surface area contributed by atoms with Crippen LogP contribution in [0.5, 0.6) is 0 Å². The van der Waals surface area contributed by atoms with Gasteiger partial charge < -0.3 is 4.74 Å². The minimum Gasteiger partial charge on any atom is -0.460 e. The molecule has 0 aliphatic rings. The van der Waals surface area contributed by atoms with E-state index >= 15 is 0 Å². The van der Waals surface area contributed by atoms with Gasteiger partial charge in [-0.15, -0.1) is 4.83 Å². The summed E-state index contributed by atoms with van der Waals surface area (Å²) in [6.45, 7) is 9.34. The summed E-state index contributed by atoms with van der Waals surface area (Å²) in [5.41, 5.74) is 2.06. The Hall–Kier alpha value is -2.71. The molecule has 0 aliphatic carbocycles. The minimum atomic E-state index is -3.72. The first kappa shape index (κ1) is 29.5. The van der Waals surface area contributed by atoms with Gasteiger partial charge in [-0.25, -0.2) is 8.42 Å². The molecule has 2 atom stereocenters. The summed E-state index contributed by atoms with van der Waals surface area (Å²) in [5, 5.41) is 0. The molecule has 0 saturated heterocycles. The number of carbonyl (C=O) groups excluding carboxylic acids is 2. The highest BCUT2D eigenvalue weighted by Gasteiger charge is 2.51. The van der Waals surface area contributed by atoms with Gasteiger partial charge in [-0.3, -0.25) is 15.0 Å². The molecule has 0 aromatic heterocycles. The van der Waals surface area contributed by atoms with Crippen LogP contribution < -0.4 is 10.3 Å². The Labute approximate surface area is 216 Å². The number of amides is 1. The van der Waals surface area contributed by atoms with Crippen LogP contribution in [0, 0.1) is 11.8 Å². The largest absolute Gasteiger partial charge is 0.460 e. The van der Waals surface area contributed by atoms with E-state index in [2.05, 4.69) is 10.3 Å². The summed E-state index contributed by atoms with van der Waals surface area (Å²) in [6.07, 6.45) is 3.05. The van der Waals surface area contributed by atoms with E-state index in [4.69, 9.17) is 4.74 Å². The van der Waals surface area contributed by atoms with Gasteiger partial charge in [0.2, 0.25) is 15.9 Å². The summed E-state index contributed by atoms with van der Waals surface area (Å²) < 4.78 is 29.5. The Morgan fingerprint density at radius 1 is 0.944 bits per heavy atom. The quantitative estimate of drug-likeness (QED) is 0.319. The van der Waals surface area contributed by atoms with Crippen LogP contribution >= 0.6 is 0 Å². The van der Waals surface area contributed by atoms with Crippen molar-refractivity contribution >= 4 is 21.9 Å². The number of esters is 1. The van der Waals surface area contributed by atoms with Gasteiger partial charge in [0.1, 0.15) is 5.60 Å². The number of benzene rings is 2. The van der Waals surface area contributed by atoms with E-state index < -0.39 is 38.8 Å². The lowest BCUT2D eigenvalue weighted by molar-refractivity contribution is -0.166. The maximum absolute atomic E-state index is 13.9. The normalized spacial score (nSPS) is 14.6. The van der Waals surface area contributed by atoms with Crippen molar-refractivity contribution in [3.05, 3.63) is 71.8 Å². The van der Waals surface area contributed by atoms with Gasteiger partial charge in [-0.05, 0) is 63.5 Å². The Balaban J connectivity index is 2.61. The second kappa shape index (κ2) is 12.5. The van der Waals surface area contributed by atoms with Crippen LogP contribution in [0.3, 0.4) is 0 Å². The van der Waals surface area contributed by atoms with E-state index in [9.17, 15) is 18.0 Å². The van der Waals surface area contributed by atoms with Crippen LogP contribution in [0.4, 0.5) is 0 Å². The second-order valence-corrected chi connectivity index (χ2v) is 12.5. The fourth-order valence-corrected chi connectivity index (χ4v) is 4.84. The molecule has 0 radical (unpaired) electrons. The third-order valence-corrected chi connectivity index (χ3v) is 6.33. The molecule has 36 heavy (non-hydrogen) atoms. The first-order valence-corrected chi connectivity index (χ1v) is 14.2. The zero-order valence-corrected chi connectivity index (χ0v) is 23.0. The smallest absolute Gasteiger partial charge is 0.310 e. The lowest BCUT2D eigenvalue weighted by Gasteiger charge is -2.41. The molecule has 0 unspecified atom stereocenters. The fraction of sp³-hybridized carbons (Fsp3) is 0.500. The zero-order chi connectivity index (χ0) is 27.0. The van der Waals surface area contributed by atoms with Crippen molar-refractivity contribution in [2.45, 2.75) is 71.3 Å². The molecule has 8 heteroatoms. The molecule has 2 N–H and O–H groups in total. The average molecular weight is 517 g/mol. The Morgan fingerprint density at radius 3 is 2.00 bits per heavy atom. The Morgan fingerprint density at radius 2 is 1.50 bits per heavy atom. The van der Waals surface area contributed by atoms with Crippen molar-refractivity contribution in [1.29, 1.82) is 0 Å². The van der Waals surface area contributed by atoms with Gasteiger partial charge in [-0.2, -0.15) is 0 Å². The van der Waals surface area contributed by atoms with Gasteiger partial charge in [-0.1, -0.05) is 74.5 Å². The molecule has 0 bridgehead atoms. The van der Waals surface area contributed by atoms with E-state index in [1.807, 2.05) is 74.5 Å². The first-order chi connectivity index (χ1) is 16.7. The van der Waals surface area contributed by atoms with Crippen LogP contribution in [0.25, 0.3) is 0 Å². The number of hydrogen-bond acceptors (Lipinski definition) is 5. The highest BCUT2D eigenvalue weighted by molar-refractivity contribution is 7.88. The number of sulfonamides is 1.